The second-order valence-electron chi connectivity index (χ2n) is 6.45. The summed E-state index contributed by atoms with van der Waals surface area (Å²) in [4.78, 5) is 37.0. The molecule has 0 spiro atoms. The molecule has 1 aromatic rings. The van der Waals surface area contributed by atoms with E-state index in [1.165, 1.54) is 6.92 Å². The van der Waals surface area contributed by atoms with Crippen LogP contribution in [0.2, 0.25) is 0 Å². The first-order chi connectivity index (χ1) is 11.8. The summed E-state index contributed by atoms with van der Waals surface area (Å²) in [5, 5.41) is 0. The Hall–Kier alpha value is -2.57. The van der Waals surface area contributed by atoms with Crippen molar-refractivity contribution in [2.45, 2.75) is 33.6 Å². The number of hydrogen-bond acceptors (Lipinski definition) is 4. The largest absolute Gasteiger partial charge is 0.484 e. The van der Waals surface area contributed by atoms with Crippen molar-refractivity contribution in [3.05, 3.63) is 29.3 Å². The molecule has 1 heterocycles. The number of aryl methyl sites for hydroxylation is 2. The van der Waals surface area contributed by atoms with Crippen LogP contribution < -0.4 is 15.6 Å². The second kappa shape index (κ2) is 8.50. The Labute approximate surface area is 147 Å². The van der Waals surface area contributed by atoms with Gasteiger partial charge in [0.15, 0.2) is 6.61 Å². The summed E-state index contributed by atoms with van der Waals surface area (Å²) in [5.74, 6) is -0.456. The third-order valence-corrected chi connectivity index (χ3v) is 4.13. The van der Waals surface area contributed by atoms with Gasteiger partial charge in [-0.2, -0.15) is 0 Å². The monoisotopic (exact) mass is 347 g/mol. The fourth-order valence-corrected chi connectivity index (χ4v) is 2.91. The van der Waals surface area contributed by atoms with Crippen molar-refractivity contribution in [3.63, 3.8) is 0 Å². The molecule has 1 aliphatic rings. The number of carbonyl (C=O) groups is 3. The van der Waals surface area contributed by atoms with Crippen molar-refractivity contribution in [2.75, 3.05) is 19.7 Å². The lowest BCUT2D eigenvalue weighted by Gasteiger charge is -2.31. The number of benzene rings is 1. The van der Waals surface area contributed by atoms with Crippen LogP contribution in [0.4, 0.5) is 0 Å². The van der Waals surface area contributed by atoms with Gasteiger partial charge in [0, 0.05) is 20.0 Å². The predicted octanol–water partition coefficient (Wildman–Crippen LogP) is 1.09. The van der Waals surface area contributed by atoms with Crippen molar-refractivity contribution in [1.29, 1.82) is 0 Å². The van der Waals surface area contributed by atoms with Gasteiger partial charge in [0.25, 0.3) is 5.91 Å². The quantitative estimate of drug-likeness (QED) is 0.798. The molecule has 2 rings (SSSR count). The van der Waals surface area contributed by atoms with E-state index in [4.69, 9.17) is 4.74 Å². The number of carbonyl (C=O) groups excluding carboxylic acids is 3. The van der Waals surface area contributed by atoms with Gasteiger partial charge in [-0.3, -0.25) is 25.2 Å². The van der Waals surface area contributed by atoms with E-state index in [9.17, 15) is 14.4 Å². The molecule has 136 valence electrons. The van der Waals surface area contributed by atoms with E-state index in [1.807, 2.05) is 32.0 Å². The smallest absolute Gasteiger partial charge is 0.276 e. The summed E-state index contributed by atoms with van der Waals surface area (Å²) < 4.78 is 5.44. The van der Waals surface area contributed by atoms with Crippen molar-refractivity contribution >= 4 is 17.7 Å². The number of hydrazine groups is 1. The zero-order valence-corrected chi connectivity index (χ0v) is 14.9. The highest BCUT2D eigenvalue weighted by molar-refractivity contribution is 5.84. The maximum atomic E-state index is 12.1. The van der Waals surface area contributed by atoms with E-state index in [1.54, 1.807) is 4.90 Å². The number of likely N-dealkylation sites (tertiary alicyclic amines) is 1. The van der Waals surface area contributed by atoms with Gasteiger partial charge in [-0.05, 0) is 49.9 Å². The molecule has 0 saturated carbocycles. The average Bonchev–Trinajstić information content (AvgIpc) is 2.57. The molecular weight excluding hydrogens is 322 g/mol. The lowest BCUT2D eigenvalue weighted by Crippen LogP contribution is -2.50. The minimum atomic E-state index is -0.438. The zero-order valence-electron chi connectivity index (χ0n) is 14.9. The Balaban J connectivity index is 1.75. The highest BCUT2D eigenvalue weighted by atomic mass is 16.5. The zero-order chi connectivity index (χ0) is 18.4. The maximum Gasteiger partial charge on any atom is 0.276 e. The van der Waals surface area contributed by atoms with E-state index >= 15 is 0 Å². The van der Waals surface area contributed by atoms with Crippen molar-refractivity contribution < 1.29 is 19.1 Å². The molecule has 1 aromatic carbocycles. The molecule has 7 heteroatoms. The summed E-state index contributed by atoms with van der Waals surface area (Å²) in [6.45, 7) is 6.27. The Morgan fingerprint density at radius 3 is 2.48 bits per heavy atom. The standard InChI is InChI=1S/C18H25N3O4/c1-12-7-13(2)9-16(8-12)25-11-17(23)19-20-18(24)15-5-4-6-21(10-15)14(3)22/h7-9,15H,4-6,10-11H2,1-3H3,(H,19,23)(H,20,24)/t15-/m0/s1. The number of rotatable bonds is 4. The van der Waals surface area contributed by atoms with E-state index in [0.29, 0.717) is 25.3 Å². The Morgan fingerprint density at radius 2 is 1.84 bits per heavy atom. The van der Waals surface area contributed by atoms with Crippen LogP contribution in [0.3, 0.4) is 0 Å². The topological polar surface area (TPSA) is 87.7 Å². The lowest BCUT2D eigenvalue weighted by molar-refractivity contribution is -0.136. The van der Waals surface area contributed by atoms with Gasteiger partial charge < -0.3 is 9.64 Å². The summed E-state index contributed by atoms with van der Waals surface area (Å²) in [7, 11) is 0. The van der Waals surface area contributed by atoms with E-state index in [-0.39, 0.29) is 24.3 Å². The van der Waals surface area contributed by atoms with Crippen LogP contribution in [0.15, 0.2) is 18.2 Å². The van der Waals surface area contributed by atoms with Gasteiger partial charge in [-0.25, -0.2) is 0 Å². The van der Waals surface area contributed by atoms with Crippen molar-refractivity contribution in [1.82, 2.24) is 15.8 Å². The molecule has 0 aliphatic carbocycles. The van der Waals surface area contributed by atoms with Crippen LogP contribution in [-0.2, 0) is 14.4 Å². The molecule has 0 unspecified atom stereocenters. The highest BCUT2D eigenvalue weighted by Crippen LogP contribution is 2.17. The van der Waals surface area contributed by atoms with Gasteiger partial charge in [0.2, 0.25) is 11.8 Å². The average molecular weight is 347 g/mol. The minimum Gasteiger partial charge on any atom is -0.484 e. The van der Waals surface area contributed by atoms with Gasteiger partial charge in [0.05, 0.1) is 5.92 Å². The molecule has 1 aliphatic heterocycles. The Kier molecular flexibility index (Phi) is 6.38. The van der Waals surface area contributed by atoms with E-state index in [0.717, 1.165) is 17.5 Å². The van der Waals surface area contributed by atoms with Gasteiger partial charge in [-0.15, -0.1) is 0 Å². The van der Waals surface area contributed by atoms with Crippen LogP contribution in [0.25, 0.3) is 0 Å². The van der Waals surface area contributed by atoms with Crippen LogP contribution in [0, 0.1) is 19.8 Å². The molecule has 0 bridgehead atoms. The Morgan fingerprint density at radius 1 is 1.16 bits per heavy atom. The number of nitrogens with one attached hydrogen (secondary N) is 2. The first kappa shape index (κ1) is 18.8. The number of hydrogen-bond donors (Lipinski definition) is 2. The SMILES string of the molecule is CC(=O)N1CCC[C@H](C(=O)NNC(=O)COc2cc(C)cc(C)c2)C1. The molecule has 1 fully saturated rings. The van der Waals surface area contributed by atoms with Crippen LogP contribution in [-0.4, -0.2) is 42.3 Å². The number of piperidine rings is 1. The number of ether oxygens (including phenoxy) is 1. The number of nitrogens with zero attached hydrogens (tertiary/aromatic N) is 1. The summed E-state index contributed by atoms with van der Waals surface area (Å²) >= 11 is 0. The summed E-state index contributed by atoms with van der Waals surface area (Å²) in [6.07, 6.45) is 1.48. The first-order valence-corrected chi connectivity index (χ1v) is 8.40. The molecule has 2 N–H and O–H groups in total. The second-order valence-corrected chi connectivity index (χ2v) is 6.45. The lowest BCUT2D eigenvalue weighted by atomic mass is 9.97. The van der Waals surface area contributed by atoms with Crippen LogP contribution in [0.5, 0.6) is 5.75 Å². The maximum absolute atomic E-state index is 12.1. The van der Waals surface area contributed by atoms with Gasteiger partial charge in [0.1, 0.15) is 5.75 Å². The Bertz CT molecular complexity index is 639. The molecule has 0 aromatic heterocycles. The molecule has 3 amide bonds. The third kappa shape index (κ3) is 5.77. The highest BCUT2D eigenvalue weighted by Gasteiger charge is 2.27. The molecule has 1 atom stereocenters. The van der Waals surface area contributed by atoms with Crippen molar-refractivity contribution in [3.8, 4) is 5.75 Å². The molecule has 1 saturated heterocycles. The molecule has 25 heavy (non-hydrogen) atoms. The minimum absolute atomic E-state index is 0.0385. The molecule has 0 radical (unpaired) electrons. The first-order valence-electron chi connectivity index (χ1n) is 8.40. The molecular formula is C18H25N3O4. The summed E-state index contributed by atoms with van der Waals surface area (Å²) in [6, 6.07) is 5.70. The van der Waals surface area contributed by atoms with Crippen LogP contribution in [0.1, 0.15) is 30.9 Å². The normalized spacial score (nSPS) is 16.9. The van der Waals surface area contributed by atoms with Crippen LogP contribution >= 0.6 is 0 Å². The van der Waals surface area contributed by atoms with E-state index in [2.05, 4.69) is 10.9 Å². The summed E-state index contributed by atoms with van der Waals surface area (Å²) in [5.41, 5.74) is 6.87. The van der Waals surface area contributed by atoms with E-state index < -0.39 is 5.91 Å². The fraction of sp³-hybridized carbons (Fsp3) is 0.500. The molecule has 7 nitrogen and oxygen atoms in total. The number of amides is 3. The van der Waals surface area contributed by atoms with Crippen molar-refractivity contribution in [2.24, 2.45) is 5.92 Å². The predicted molar refractivity (Wildman–Crippen MR) is 92.7 cm³/mol. The third-order valence-electron chi connectivity index (χ3n) is 4.13. The fourth-order valence-electron chi connectivity index (χ4n) is 2.91. The van der Waals surface area contributed by atoms with Gasteiger partial charge in [-0.1, -0.05) is 6.07 Å². The van der Waals surface area contributed by atoms with Gasteiger partial charge >= 0.3 is 0 Å².